The van der Waals surface area contributed by atoms with Crippen LogP contribution in [0.1, 0.15) is 20.8 Å². The number of amides is 1. The monoisotopic (exact) mass is 463 g/mol. The third-order valence-corrected chi connectivity index (χ3v) is 5.73. The van der Waals surface area contributed by atoms with Crippen molar-refractivity contribution in [1.82, 2.24) is 14.5 Å². The Morgan fingerprint density at radius 1 is 1.03 bits per heavy atom. The number of aromatic nitrogens is 3. The highest BCUT2D eigenvalue weighted by atomic mass is 35.5. The number of nitrogens with one attached hydrogen (secondary N) is 1. The first-order valence-electron chi connectivity index (χ1n) is 9.69. The van der Waals surface area contributed by atoms with Gasteiger partial charge in [-0.1, -0.05) is 41.1 Å². The van der Waals surface area contributed by atoms with Gasteiger partial charge in [0.05, 0.1) is 13.1 Å². The Morgan fingerprint density at radius 2 is 1.78 bits per heavy atom. The molecule has 0 fully saturated rings. The van der Waals surface area contributed by atoms with Gasteiger partial charge < -0.3 is 5.32 Å². The van der Waals surface area contributed by atoms with E-state index in [0.29, 0.717) is 28.6 Å². The molecular formula is C23H18ClN5O2S. The van der Waals surface area contributed by atoms with Gasteiger partial charge in [0, 0.05) is 41.6 Å². The number of nitrogens with zero attached hydrogens (tertiary/aromatic N) is 4. The molecule has 9 heteroatoms. The molecule has 3 heterocycles. The van der Waals surface area contributed by atoms with Gasteiger partial charge in [-0.2, -0.15) is 0 Å². The summed E-state index contributed by atoms with van der Waals surface area (Å²) in [5.74, 6) is -0.402. The zero-order valence-corrected chi connectivity index (χ0v) is 18.4. The molecule has 3 aromatic heterocycles. The second-order valence-electron chi connectivity index (χ2n) is 6.82. The standard InChI is InChI=1S/C23H18ClN5O2S/c24-18-6-1-7-19(10-18)28-22(31)20-11-21(30)29(15-17-5-3-9-26-13-17)23(32-20)27-14-16-4-2-8-25-12-16/h1-13H,14-15H2,(H,28,31). The lowest BCUT2D eigenvalue weighted by atomic mass is 10.3. The normalized spacial score (nSPS) is 11.3. The van der Waals surface area contributed by atoms with Gasteiger partial charge in [-0.25, -0.2) is 0 Å². The molecule has 0 aliphatic heterocycles. The molecule has 1 amide bonds. The molecule has 160 valence electrons. The van der Waals surface area contributed by atoms with Crippen LogP contribution in [-0.4, -0.2) is 20.4 Å². The molecule has 0 aliphatic rings. The number of pyridine rings is 2. The van der Waals surface area contributed by atoms with Crippen LogP contribution in [0, 0.1) is 0 Å². The van der Waals surface area contributed by atoms with E-state index in [4.69, 9.17) is 11.6 Å². The van der Waals surface area contributed by atoms with Crippen LogP contribution in [-0.2, 0) is 13.1 Å². The molecule has 0 unspecified atom stereocenters. The van der Waals surface area contributed by atoms with Crippen molar-refractivity contribution >= 4 is 34.5 Å². The smallest absolute Gasteiger partial charge is 0.266 e. The molecule has 4 rings (SSSR count). The molecule has 0 spiro atoms. The number of carbonyl (C=O) groups excluding carboxylic acids is 1. The molecule has 0 bridgehead atoms. The van der Waals surface area contributed by atoms with E-state index in [-0.39, 0.29) is 10.4 Å². The van der Waals surface area contributed by atoms with E-state index in [2.05, 4.69) is 20.3 Å². The van der Waals surface area contributed by atoms with Gasteiger partial charge in [0.15, 0.2) is 4.80 Å². The van der Waals surface area contributed by atoms with Crippen molar-refractivity contribution in [1.29, 1.82) is 0 Å². The van der Waals surface area contributed by atoms with Gasteiger partial charge in [-0.15, -0.1) is 0 Å². The molecule has 0 aliphatic carbocycles. The van der Waals surface area contributed by atoms with E-state index in [9.17, 15) is 9.59 Å². The van der Waals surface area contributed by atoms with Crippen LogP contribution in [0.3, 0.4) is 0 Å². The largest absolute Gasteiger partial charge is 0.321 e. The summed E-state index contributed by atoms with van der Waals surface area (Å²) in [6.45, 7) is 0.626. The van der Waals surface area contributed by atoms with Crippen molar-refractivity contribution in [2.24, 2.45) is 4.99 Å². The van der Waals surface area contributed by atoms with E-state index in [1.807, 2.05) is 24.3 Å². The van der Waals surface area contributed by atoms with Gasteiger partial charge in [0.25, 0.3) is 11.5 Å². The highest BCUT2D eigenvalue weighted by Gasteiger charge is 2.12. The molecular weight excluding hydrogens is 446 g/mol. The van der Waals surface area contributed by atoms with E-state index in [1.54, 1.807) is 49.1 Å². The summed E-state index contributed by atoms with van der Waals surface area (Å²) in [4.78, 5) is 39.3. The fraction of sp³-hybridized carbons (Fsp3) is 0.0870. The van der Waals surface area contributed by atoms with E-state index < -0.39 is 5.91 Å². The highest BCUT2D eigenvalue weighted by molar-refractivity contribution is 7.11. The van der Waals surface area contributed by atoms with Gasteiger partial charge in [-0.3, -0.25) is 29.1 Å². The van der Waals surface area contributed by atoms with E-state index in [0.717, 1.165) is 22.5 Å². The minimum Gasteiger partial charge on any atom is -0.321 e. The lowest BCUT2D eigenvalue weighted by Crippen LogP contribution is -2.33. The number of hydrogen-bond donors (Lipinski definition) is 1. The van der Waals surface area contributed by atoms with Gasteiger partial charge in [0.1, 0.15) is 4.88 Å². The zero-order valence-electron chi connectivity index (χ0n) is 16.8. The quantitative estimate of drug-likeness (QED) is 0.471. The van der Waals surface area contributed by atoms with Crippen LogP contribution >= 0.6 is 22.9 Å². The summed E-state index contributed by atoms with van der Waals surface area (Å²) in [7, 11) is 0. The lowest BCUT2D eigenvalue weighted by Gasteiger charge is -2.09. The van der Waals surface area contributed by atoms with Crippen molar-refractivity contribution in [3.8, 4) is 0 Å². The second kappa shape index (κ2) is 10.1. The Hall–Kier alpha value is -3.62. The first-order valence-corrected chi connectivity index (χ1v) is 10.9. The molecule has 4 aromatic rings. The van der Waals surface area contributed by atoms with E-state index >= 15 is 0 Å². The zero-order chi connectivity index (χ0) is 22.3. The first kappa shape index (κ1) is 21.6. The molecule has 1 N–H and O–H groups in total. The summed E-state index contributed by atoms with van der Waals surface area (Å²) in [5.41, 5.74) is 1.97. The molecule has 0 radical (unpaired) electrons. The lowest BCUT2D eigenvalue weighted by molar-refractivity contribution is 0.103. The second-order valence-corrected chi connectivity index (χ2v) is 8.27. The molecule has 0 atom stereocenters. The van der Waals surface area contributed by atoms with Crippen LogP contribution in [0.15, 0.2) is 89.2 Å². The van der Waals surface area contributed by atoms with E-state index in [1.165, 1.54) is 10.6 Å². The fourth-order valence-corrected chi connectivity index (χ4v) is 4.01. The minimum atomic E-state index is -0.402. The van der Waals surface area contributed by atoms with Gasteiger partial charge >= 0.3 is 0 Å². The molecule has 0 saturated heterocycles. The Bertz CT molecular complexity index is 1350. The van der Waals surface area contributed by atoms with Crippen molar-refractivity contribution < 1.29 is 4.79 Å². The van der Waals surface area contributed by atoms with Crippen LogP contribution in [0.5, 0.6) is 0 Å². The average molecular weight is 464 g/mol. The third-order valence-electron chi connectivity index (χ3n) is 4.44. The maximum Gasteiger partial charge on any atom is 0.266 e. The van der Waals surface area contributed by atoms with Gasteiger partial charge in [-0.05, 0) is 41.5 Å². The minimum absolute atomic E-state index is 0.252. The number of benzene rings is 1. The number of hydrogen-bond acceptors (Lipinski definition) is 6. The molecule has 32 heavy (non-hydrogen) atoms. The predicted octanol–water partition coefficient (Wildman–Crippen LogP) is 3.75. The summed E-state index contributed by atoms with van der Waals surface area (Å²) in [6, 6.07) is 15.6. The average Bonchev–Trinajstić information content (AvgIpc) is 2.80. The van der Waals surface area contributed by atoms with Crippen LogP contribution in [0.25, 0.3) is 0 Å². The number of rotatable bonds is 6. The molecule has 1 aromatic carbocycles. The Labute approximate surface area is 192 Å². The Balaban J connectivity index is 1.71. The predicted molar refractivity (Wildman–Crippen MR) is 125 cm³/mol. The van der Waals surface area contributed by atoms with Crippen LogP contribution in [0.4, 0.5) is 5.69 Å². The van der Waals surface area contributed by atoms with Crippen LogP contribution in [0.2, 0.25) is 5.02 Å². The topological polar surface area (TPSA) is 89.2 Å². The number of carbonyl (C=O) groups is 1. The highest BCUT2D eigenvalue weighted by Crippen LogP contribution is 2.16. The maximum atomic E-state index is 13.0. The third kappa shape index (κ3) is 5.54. The van der Waals surface area contributed by atoms with Crippen LogP contribution < -0.4 is 15.7 Å². The first-order chi connectivity index (χ1) is 15.6. The molecule has 0 saturated carbocycles. The van der Waals surface area contributed by atoms with Crippen molar-refractivity contribution in [2.75, 3.05) is 5.32 Å². The maximum absolute atomic E-state index is 13.0. The van der Waals surface area contributed by atoms with Crippen molar-refractivity contribution in [2.45, 2.75) is 13.1 Å². The van der Waals surface area contributed by atoms with Crippen molar-refractivity contribution in [3.63, 3.8) is 0 Å². The fourth-order valence-electron chi connectivity index (χ4n) is 2.93. The summed E-state index contributed by atoms with van der Waals surface area (Å²) in [6.07, 6.45) is 6.77. The Kier molecular flexibility index (Phi) is 6.84. The Morgan fingerprint density at radius 3 is 2.47 bits per heavy atom. The number of halogens is 1. The summed E-state index contributed by atoms with van der Waals surface area (Å²) >= 11 is 7.14. The summed E-state index contributed by atoms with van der Waals surface area (Å²) in [5, 5.41) is 3.28. The summed E-state index contributed by atoms with van der Waals surface area (Å²) < 4.78 is 1.54. The SMILES string of the molecule is O=C(Nc1cccc(Cl)c1)c1cc(=O)n(Cc2cccnc2)c(=NCc2cccnc2)s1. The number of anilines is 1. The van der Waals surface area contributed by atoms with Crippen molar-refractivity contribution in [3.05, 3.63) is 116 Å². The molecule has 7 nitrogen and oxygen atoms in total. The van der Waals surface area contributed by atoms with Gasteiger partial charge in [0.2, 0.25) is 0 Å².